The van der Waals surface area contributed by atoms with Crippen molar-refractivity contribution in [3.63, 3.8) is 0 Å². The molecule has 0 bridgehead atoms. The molecule has 4 N–H and O–H groups in total. The molecular formula is C22H37N5O2. The Morgan fingerprint density at radius 1 is 1.21 bits per heavy atom. The van der Waals surface area contributed by atoms with Crippen molar-refractivity contribution in [2.24, 2.45) is 16.6 Å². The van der Waals surface area contributed by atoms with Crippen LogP contribution < -0.4 is 16.4 Å². The zero-order valence-corrected chi connectivity index (χ0v) is 18.1. The molecule has 162 valence electrons. The van der Waals surface area contributed by atoms with Gasteiger partial charge in [0.05, 0.1) is 19.8 Å². The molecule has 1 amide bonds. The number of primary amides is 1. The number of aliphatic imine (C=N–C) groups is 1. The molecule has 1 saturated heterocycles. The van der Waals surface area contributed by atoms with Crippen LogP contribution in [0.2, 0.25) is 0 Å². The van der Waals surface area contributed by atoms with Crippen LogP contribution in [-0.4, -0.2) is 62.2 Å². The number of morpholine rings is 1. The molecule has 29 heavy (non-hydrogen) atoms. The number of nitrogens with one attached hydrogen (secondary N) is 2. The van der Waals surface area contributed by atoms with Crippen molar-refractivity contribution < 1.29 is 9.53 Å². The average molecular weight is 404 g/mol. The van der Waals surface area contributed by atoms with Gasteiger partial charge in [-0.1, -0.05) is 38.8 Å². The van der Waals surface area contributed by atoms with E-state index in [-0.39, 0.29) is 0 Å². The molecule has 7 nitrogen and oxygen atoms in total. The fraction of sp³-hybridized carbons (Fsp3) is 0.636. The van der Waals surface area contributed by atoms with Gasteiger partial charge in [0.15, 0.2) is 5.96 Å². The van der Waals surface area contributed by atoms with Gasteiger partial charge in [0.1, 0.15) is 0 Å². The summed E-state index contributed by atoms with van der Waals surface area (Å²) in [5, 5.41) is 6.87. The molecular weight excluding hydrogens is 366 g/mol. The van der Waals surface area contributed by atoms with E-state index >= 15 is 0 Å². The molecule has 1 atom stereocenters. The van der Waals surface area contributed by atoms with E-state index in [0.717, 1.165) is 63.8 Å². The van der Waals surface area contributed by atoms with E-state index in [4.69, 9.17) is 15.5 Å². The molecule has 1 unspecified atom stereocenters. The molecule has 1 aliphatic rings. The van der Waals surface area contributed by atoms with Gasteiger partial charge in [-0.05, 0) is 30.5 Å². The third-order valence-electron chi connectivity index (χ3n) is 5.56. The summed E-state index contributed by atoms with van der Waals surface area (Å²) in [6, 6.07) is 7.78. The summed E-state index contributed by atoms with van der Waals surface area (Å²) in [5.74, 6) is 1.01. The third kappa shape index (κ3) is 7.33. The van der Waals surface area contributed by atoms with Gasteiger partial charge in [-0.25, -0.2) is 4.99 Å². The minimum Gasteiger partial charge on any atom is -0.379 e. The fourth-order valence-corrected chi connectivity index (χ4v) is 3.87. The Labute approximate surface area is 175 Å². The van der Waals surface area contributed by atoms with E-state index in [2.05, 4.69) is 36.3 Å². The van der Waals surface area contributed by atoms with Crippen LogP contribution in [0, 0.1) is 5.92 Å². The Balaban J connectivity index is 2.05. The second-order valence-electron chi connectivity index (χ2n) is 7.43. The van der Waals surface area contributed by atoms with Crippen LogP contribution in [0.1, 0.15) is 49.5 Å². The molecule has 0 aromatic heterocycles. The van der Waals surface area contributed by atoms with Crippen molar-refractivity contribution in [2.75, 3.05) is 39.4 Å². The Morgan fingerprint density at radius 2 is 1.93 bits per heavy atom. The lowest BCUT2D eigenvalue weighted by molar-refractivity contribution is 0.00272. The van der Waals surface area contributed by atoms with Crippen molar-refractivity contribution in [3.05, 3.63) is 35.4 Å². The normalized spacial score (nSPS) is 16.6. The number of amides is 1. The number of carbonyl (C=O) groups excluding carboxylic acids is 1. The van der Waals surface area contributed by atoms with Gasteiger partial charge >= 0.3 is 0 Å². The Kier molecular flexibility index (Phi) is 9.94. The van der Waals surface area contributed by atoms with Gasteiger partial charge in [0.25, 0.3) is 0 Å². The number of hydrogen-bond donors (Lipinski definition) is 3. The number of hydrogen-bond acceptors (Lipinski definition) is 4. The quantitative estimate of drug-likeness (QED) is 0.410. The Hall–Kier alpha value is -2.12. The van der Waals surface area contributed by atoms with E-state index in [1.807, 2.05) is 12.1 Å². The van der Waals surface area contributed by atoms with Crippen molar-refractivity contribution in [1.82, 2.24) is 15.5 Å². The number of ether oxygens (including phenoxy) is 1. The number of rotatable bonds is 10. The first kappa shape index (κ1) is 23.2. The lowest BCUT2D eigenvalue weighted by atomic mass is 9.92. The summed E-state index contributed by atoms with van der Waals surface area (Å²) in [7, 11) is 0. The summed E-state index contributed by atoms with van der Waals surface area (Å²) < 4.78 is 5.54. The maximum atomic E-state index is 11.4. The van der Waals surface area contributed by atoms with E-state index in [1.165, 1.54) is 0 Å². The van der Waals surface area contributed by atoms with Crippen molar-refractivity contribution in [2.45, 2.75) is 46.2 Å². The number of nitrogens with zero attached hydrogens (tertiary/aromatic N) is 2. The summed E-state index contributed by atoms with van der Waals surface area (Å²) in [6.45, 7) is 12.3. The molecule has 1 heterocycles. The topological polar surface area (TPSA) is 92.0 Å². The zero-order valence-electron chi connectivity index (χ0n) is 18.1. The average Bonchev–Trinajstić information content (AvgIpc) is 2.75. The van der Waals surface area contributed by atoms with Crippen molar-refractivity contribution in [1.29, 1.82) is 0 Å². The van der Waals surface area contributed by atoms with Gasteiger partial charge in [-0.3, -0.25) is 9.69 Å². The molecule has 1 aromatic rings. The van der Waals surface area contributed by atoms with Crippen LogP contribution in [0.25, 0.3) is 0 Å². The minimum absolute atomic E-state index is 0.417. The first-order valence-corrected chi connectivity index (χ1v) is 10.8. The molecule has 0 aliphatic carbocycles. The van der Waals surface area contributed by atoms with Gasteiger partial charge < -0.3 is 21.1 Å². The third-order valence-corrected chi connectivity index (χ3v) is 5.56. The SMILES string of the molecule is CCNC(=NCc1cccc(C(N)=O)c1)NCC(C(CC)CC)N1CCOCC1. The van der Waals surface area contributed by atoms with Gasteiger partial charge in [0, 0.05) is 37.8 Å². The predicted molar refractivity (Wildman–Crippen MR) is 118 cm³/mol. The molecule has 1 aromatic carbocycles. The number of benzene rings is 1. The smallest absolute Gasteiger partial charge is 0.248 e. The standard InChI is InChI=1S/C22H37N5O2/c1-4-18(5-2)20(27-10-12-29-13-11-27)16-26-22(24-6-3)25-15-17-8-7-9-19(14-17)21(23)28/h7-9,14,18,20H,4-6,10-13,15-16H2,1-3H3,(H2,23,28)(H2,24,25,26). The van der Waals surface area contributed by atoms with E-state index in [0.29, 0.717) is 24.1 Å². The molecule has 0 saturated carbocycles. The lowest BCUT2D eigenvalue weighted by Crippen LogP contribution is -2.53. The lowest BCUT2D eigenvalue weighted by Gasteiger charge is -2.39. The highest BCUT2D eigenvalue weighted by atomic mass is 16.5. The maximum absolute atomic E-state index is 11.4. The largest absolute Gasteiger partial charge is 0.379 e. The van der Waals surface area contributed by atoms with Crippen molar-refractivity contribution >= 4 is 11.9 Å². The van der Waals surface area contributed by atoms with Crippen LogP contribution in [0.4, 0.5) is 0 Å². The highest BCUT2D eigenvalue weighted by Gasteiger charge is 2.27. The van der Waals surface area contributed by atoms with Crippen LogP contribution >= 0.6 is 0 Å². The number of nitrogens with two attached hydrogens (primary N) is 1. The molecule has 1 aliphatic heterocycles. The van der Waals surface area contributed by atoms with Crippen LogP contribution in [0.15, 0.2) is 29.3 Å². The minimum atomic E-state index is -0.417. The maximum Gasteiger partial charge on any atom is 0.248 e. The van der Waals surface area contributed by atoms with E-state index in [1.54, 1.807) is 12.1 Å². The highest BCUT2D eigenvalue weighted by molar-refractivity contribution is 5.92. The number of guanidine groups is 1. The van der Waals surface area contributed by atoms with Gasteiger partial charge in [0.2, 0.25) is 5.91 Å². The summed E-state index contributed by atoms with van der Waals surface area (Å²) >= 11 is 0. The zero-order chi connectivity index (χ0) is 21.1. The second kappa shape index (κ2) is 12.4. The monoisotopic (exact) mass is 403 g/mol. The molecule has 1 fully saturated rings. The highest BCUT2D eigenvalue weighted by Crippen LogP contribution is 2.19. The first-order valence-electron chi connectivity index (χ1n) is 10.8. The van der Waals surface area contributed by atoms with Gasteiger partial charge in [-0.2, -0.15) is 0 Å². The summed E-state index contributed by atoms with van der Waals surface area (Å²) in [5.41, 5.74) is 6.85. The molecule has 2 rings (SSSR count). The Morgan fingerprint density at radius 3 is 2.55 bits per heavy atom. The van der Waals surface area contributed by atoms with E-state index < -0.39 is 5.91 Å². The van der Waals surface area contributed by atoms with Crippen LogP contribution in [0.3, 0.4) is 0 Å². The van der Waals surface area contributed by atoms with Crippen molar-refractivity contribution in [3.8, 4) is 0 Å². The van der Waals surface area contributed by atoms with Crippen LogP contribution in [-0.2, 0) is 11.3 Å². The van der Waals surface area contributed by atoms with Gasteiger partial charge in [-0.15, -0.1) is 0 Å². The second-order valence-corrected chi connectivity index (χ2v) is 7.43. The van der Waals surface area contributed by atoms with Crippen LogP contribution in [0.5, 0.6) is 0 Å². The summed E-state index contributed by atoms with van der Waals surface area (Å²) in [4.78, 5) is 18.7. The first-order chi connectivity index (χ1) is 14.1. The molecule has 7 heteroatoms. The van der Waals surface area contributed by atoms with E-state index in [9.17, 15) is 4.79 Å². The predicted octanol–water partition coefficient (Wildman–Crippen LogP) is 1.98. The summed E-state index contributed by atoms with van der Waals surface area (Å²) in [6.07, 6.45) is 2.32. The molecule has 0 radical (unpaired) electrons. The fourth-order valence-electron chi connectivity index (χ4n) is 3.87. The molecule has 0 spiro atoms. The number of carbonyl (C=O) groups is 1. The Bertz CT molecular complexity index is 654.